The van der Waals surface area contributed by atoms with Crippen molar-refractivity contribution in [2.45, 2.75) is 19.1 Å². The van der Waals surface area contributed by atoms with E-state index < -0.39 is 12.1 Å². The van der Waals surface area contributed by atoms with Gasteiger partial charge in [0.05, 0.1) is 19.0 Å². The number of methoxy groups -OCH3 is 1. The summed E-state index contributed by atoms with van der Waals surface area (Å²) in [5, 5.41) is 2.59. The van der Waals surface area contributed by atoms with Crippen LogP contribution in [0.1, 0.15) is 11.1 Å². The minimum absolute atomic E-state index is 0.136. The first-order chi connectivity index (χ1) is 12.1. The molecule has 0 unspecified atom stereocenters. The lowest BCUT2D eigenvalue weighted by Gasteiger charge is -2.17. The largest absolute Gasteiger partial charge is 0.497 e. The number of alkyl halides is 1. The number of alkyl carbamates (subject to hydrolysis) is 1. The summed E-state index contributed by atoms with van der Waals surface area (Å²) in [6, 6.07) is 15.8. The van der Waals surface area contributed by atoms with Crippen molar-refractivity contribution in [2.24, 2.45) is 0 Å². The van der Waals surface area contributed by atoms with Crippen LogP contribution in [0.4, 0.5) is 4.79 Å². The molecule has 1 atom stereocenters. The number of benzene rings is 2. The summed E-state index contributed by atoms with van der Waals surface area (Å²) in [5.74, 6) is 0.271. The number of amides is 1. The van der Waals surface area contributed by atoms with Gasteiger partial charge >= 0.3 is 6.09 Å². The molecule has 132 valence electrons. The molecule has 0 aliphatic carbocycles. The Bertz CT molecular complexity index is 688. The van der Waals surface area contributed by atoms with E-state index in [2.05, 4.69) is 5.32 Å². The van der Waals surface area contributed by atoms with Crippen LogP contribution in [0.15, 0.2) is 54.6 Å². The average Bonchev–Trinajstić information content (AvgIpc) is 2.66. The molecule has 0 aliphatic rings. The van der Waals surface area contributed by atoms with Gasteiger partial charge in [0.25, 0.3) is 0 Å². The Balaban J connectivity index is 1.94. The van der Waals surface area contributed by atoms with E-state index in [0.717, 1.165) is 16.9 Å². The lowest BCUT2D eigenvalue weighted by molar-refractivity contribution is -0.118. The van der Waals surface area contributed by atoms with Crippen molar-refractivity contribution in [1.82, 2.24) is 5.32 Å². The molecule has 0 bridgehead atoms. The van der Waals surface area contributed by atoms with Gasteiger partial charge < -0.3 is 14.8 Å². The number of carbonyl (C=O) groups is 2. The van der Waals surface area contributed by atoms with E-state index in [-0.39, 0.29) is 18.3 Å². The van der Waals surface area contributed by atoms with E-state index in [1.807, 2.05) is 42.5 Å². The van der Waals surface area contributed by atoms with Gasteiger partial charge in [0, 0.05) is 0 Å². The zero-order valence-corrected chi connectivity index (χ0v) is 14.7. The van der Waals surface area contributed by atoms with Crippen LogP contribution in [-0.4, -0.2) is 30.9 Å². The molecule has 0 fully saturated rings. The number of carbonyl (C=O) groups excluding carboxylic acids is 2. The number of ether oxygens (including phenoxy) is 2. The van der Waals surface area contributed by atoms with Crippen molar-refractivity contribution in [3.8, 4) is 5.75 Å². The SMILES string of the molecule is COc1ccc(C[C@H](NC(=O)OCc2ccccc2)C(=O)CCl)cc1. The summed E-state index contributed by atoms with van der Waals surface area (Å²) in [5.41, 5.74) is 1.75. The average molecular weight is 362 g/mol. The van der Waals surface area contributed by atoms with Crippen LogP contribution in [0.3, 0.4) is 0 Å². The Labute approximate surface area is 151 Å². The van der Waals surface area contributed by atoms with Crippen molar-refractivity contribution < 1.29 is 19.1 Å². The molecule has 2 aromatic rings. The maximum atomic E-state index is 12.0. The van der Waals surface area contributed by atoms with Crippen molar-refractivity contribution in [2.75, 3.05) is 13.0 Å². The standard InChI is InChI=1S/C19H20ClNO4/c1-24-16-9-7-14(8-10-16)11-17(18(22)12-20)21-19(23)25-13-15-5-3-2-4-6-15/h2-10,17H,11-13H2,1H3,(H,21,23)/t17-/m0/s1. The smallest absolute Gasteiger partial charge is 0.408 e. The van der Waals surface area contributed by atoms with Gasteiger partial charge in [0.2, 0.25) is 0 Å². The molecule has 0 saturated carbocycles. The molecule has 0 aromatic heterocycles. The highest BCUT2D eigenvalue weighted by molar-refractivity contribution is 6.28. The van der Waals surface area contributed by atoms with Gasteiger partial charge in [0.15, 0.2) is 5.78 Å². The number of Topliss-reactive ketones (excluding diaryl/α,β-unsaturated/α-hetero) is 1. The molecule has 6 heteroatoms. The monoisotopic (exact) mass is 361 g/mol. The Morgan fingerprint density at radius 1 is 1.04 bits per heavy atom. The highest BCUT2D eigenvalue weighted by Gasteiger charge is 2.21. The highest BCUT2D eigenvalue weighted by atomic mass is 35.5. The van der Waals surface area contributed by atoms with E-state index in [1.165, 1.54) is 0 Å². The molecule has 25 heavy (non-hydrogen) atoms. The fourth-order valence-corrected chi connectivity index (χ4v) is 2.43. The van der Waals surface area contributed by atoms with Crippen molar-refractivity contribution >= 4 is 23.5 Å². The molecule has 2 rings (SSSR count). The molecular weight excluding hydrogens is 342 g/mol. The molecule has 0 radical (unpaired) electrons. The number of ketones is 1. The highest BCUT2D eigenvalue weighted by Crippen LogP contribution is 2.13. The normalized spacial score (nSPS) is 11.4. The summed E-state index contributed by atoms with van der Waals surface area (Å²) < 4.78 is 10.3. The van der Waals surface area contributed by atoms with E-state index >= 15 is 0 Å². The predicted molar refractivity (Wildman–Crippen MR) is 96.0 cm³/mol. The molecule has 0 spiro atoms. The molecule has 5 nitrogen and oxygen atoms in total. The maximum Gasteiger partial charge on any atom is 0.408 e. The molecule has 1 amide bonds. The summed E-state index contributed by atoms with van der Waals surface area (Å²) in [6.07, 6.45) is -0.323. The third-order valence-electron chi connectivity index (χ3n) is 3.62. The van der Waals surface area contributed by atoms with Crippen LogP contribution in [0.2, 0.25) is 0 Å². The van der Waals surface area contributed by atoms with Crippen LogP contribution in [-0.2, 0) is 22.6 Å². The fraction of sp³-hybridized carbons (Fsp3) is 0.263. The van der Waals surface area contributed by atoms with Crippen molar-refractivity contribution in [1.29, 1.82) is 0 Å². The first-order valence-corrected chi connectivity index (χ1v) is 8.34. The third-order valence-corrected chi connectivity index (χ3v) is 3.89. The van der Waals surface area contributed by atoms with E-state index in [0.29, 0.717) is 6.42 Å². The number of hydrogen-bond donors (Lipinski definition) is 1. The Morgan fingerprint density at radius 3 is 2.32 bits per heavy atom. The van der Waals surface area contributed by atoms with Gasteiger partial charge in [-0.05, 0) is 29.7 Å². The van der Waals surface area contributed by atoms with Gasteiger partial charge in [-0.25, -0.2) is 4.79 Å². The first-order valence-electron chi connectivity index (χ1n) is 7.81. The fourth-order valence-electron chi connectivity index (χ4n) is 2.24. The van der Waals surface area contributed by atoms with Gasteiger partial charge in [0.1, 0.15) is 12.4 Å². The van der Waals surface area contributed by atoms with Crippen LogP contribution in [0, 0.1) is 0 Å². The van der Waals surface area contributed by atoms with Gasteiger partial charge in [-0.3, -0.25) is 4.79 Å². The zero-order chi connectivity index (χ0) is 18.1. The van der Waals surface area contributed by atoms with Crippen LogP contribution in [0.5, 0.6) is 5.75 Å². The third kappa shape index (κ3) is 6.12. The van der Waals surface area contributed by atoms with Crippen LogP contribution >= 0.6 is 11.6 Å². The quantitative estimate of drug-likeness (QED) is 0.732. The molecule has 1 N–H and O–H groups in total. The second-order valence-corrected chi connectivity index (χ2v) is 5.68. The molecule has 0 aliphatic heterocycles. The number of rotatable bonds is 8. The Morgan fingerprint density at radius 2 is 1.72 bits per heavy atom. The summed E-state index contributed by atoms with van der Waals surface area (Å²) in [4.78, 5) is 24.0. The molecule has 2 aromatic carbocycles. The van der Waals surface area contributed by atoms with Crippen LogP contribution in [0.25, 0.3) is 0 Å². The molecule has 0 heterocycles. The lowest BCUT2D eigenvalue weighted by Crippen LogP contribution is -2.43. The number of nitrogens with one attached hydrogen (secondary N) is 1. The second-order valence-electron chi connectivity index (χ2n) is 5.41. The minimum atomic E-state index is -0.742. The molecule has 0 saturated heterocycles. The second kappa shape index (κ2) is 9.69. The molecular formula is C19H20ClNO4. The van der Waals surface area contributed by atoms with Crippen molar-refractivity contribution in [3.63, 3.8) is 0 Å². The van der Waals surface area contributed by atoms with E-state index in [4.69, 9.17) is 21.1 Å². The van der Waals surface area contributed by atoms with E-state index in [1.54, 1.807) is 19.2 Å². The summed E-state index contributed by atoms with van der Waals surface area (Å²) in [7, 11) is 1.58. The van der Waals surface area contributed by atoms with Gasteiger partial charge in [-0.2, -0.15) is 0 Å². The van der Waals surface area contributed by atoms with Crippen LogP contribution < -0.4 is 10.1 Å². The number of hydrogen-bond acceptors (Lipinski definition) is 4. The summed E-state index contributed by atoms with van der Waals surface area (Å²) >= 11 is 5.66. The minimum Gasteiger partial charge on any atom is -0.497 e. The number of halogens is 1. The van der Waals surface area contributed by atoms with E-state index in [9.17, 15) is 9.59 Å². The van der Waals surface area contributed by atoms with Crippen molar-refractivity contribution in [3.05, 3.63) is 65.7 Å². The maximum absolute atomic E-state index is 12.0. The summed E-state index contributed by atoms with van der Waals surface area (Å²) in [6.45, 7) is 0.136. The predicted octanol–water partition coefficient (Wildman–Crippen LogP) is 3.34. The first kappa shape index (κ1) is 18.8. The topological polar surface area (TPSA) is 64.6 Å². The van der Waals surface area contributed by atoms with Gasteiger partial charge in [-0.15, -0.1) is 11.6 Å². The van der Waals surface area contributed by atoms with Gasteiger partial charge in [-0.1, -0.05) is 42.5 Å². The Hall–Kier alpha value is -2.53. The lowest BCUT2D eigenvalue weighted by atomic mass is 10.0. The zero-order valence-electron chi connectivity index (χ0n) is 13.9. The Kier molecular flexibility index (Phi) is 7.29.